The Morgan fingerprint density at radius 2 is 2.41 bits per heavy atom. The topological polar surface area (TPSA) is 52.1 Å². The van der Waals surface area contributed by atoms with Crippen molar-refractivity contribution in [1.82, 2.24) is 15.1 Å². The van der Waals surface area contributed by atoms with E-state index < -0.39 is 0 Å². The van der Waals surface area contributed by atoms with Crippen LogP contribution in [-0.4, -0.2) is 39.4 Å². The van der Waals surface area contributed by atoms with Crippen molar-refractivity contribution in [3.63, 3.8) is 0 Å². The first kappa shape index (κ1) is 12.6. The molecule has 0 spiro atoms. The van der Waals surface area contributed by atoms with Gasteiger partial charge in [-0.3, -0.25) is 10.00 Å². The van der Waals surface area contributed by atoms with Crippen molar-refractivity contribution < 1.29 is 5.11 Å². The normalized spacial score (nSPS) is 21.5. The molecule has 0 bridgehead atoms. The zero-order valence-corrected chi connectivity index (χ0v) is 10.8. The lowest BCUT2D eigenvalue weighted by Crippen LogP contribution is -2.31. The van der Waals surface area contributed by atoms with Crippen LogP contribution in [0.5, 0.6) is 0 Å². The molecular weight excluding hydrogens is 214 g/mol. The van der Waals surface area contributed by atoms with E-state index in [4.69, 9.17) is 0 Å². The second-order valence-corrected chi connectivity index (χ2v) is 5.43. The van der Waals surface area contributed by atoms with Gasteiger partial charge in [0.25, 0.3) is 0 Å². The van der Waals surface area contributed by atoms with Crippen molar-refractivity contribution >= 4 is 0 Å². The van der Waals surface area contributed by atoms with Gasteiger partial charge in [-0.25, -0.2) is 0 Å². The Kier molecular flexibility index (Phi) is 4.18. The molecule has 2 heterocycles. The largest absolute Gasteiger partial charge is 0.395 e. The number of H-pyrrole nitrogens is 1. The van der Waals surface area contributed by atoms with Gasteiger partial charge in [-0.1, -0.05) is 13.8 Å². The first-order valence-corrected chi connectivity index (χ1v) is 6.57. The van der Waals surface area contributed by atoms with Crippen molar-refractivity contribution in [2.45, 2.75) is 45.7 Å². The lowest BCUT2D eigenvalue weighted by molar-refractivity contribution is 0.152. The third-order valence-corrected chi connectivity index (χ3v) is 3.38. The van der Waals surface area contributed by atoms with E-state index in [2.05, 4.69) is 35.0 Å². The van der Waals surface area contributed by atoms with E-state index >= 15 is 0 Å². The van der Waals surface area contributed by atoms with Crippen LogP contribution < -0.4 is 0 Å². The summed E-state index contributed by atoms with van der Waals surface area (Å²) in [6.07, 6.45) is 3.33. The molecule has 2 N–H and O–H groups in total. The molecule has 0 aromatic carbocycles. The lowest BCUT2D eigenvalue weighted by atomic mass is 10.1. The molecule has 1 atom stereocenters. The van der Waals surface area contributed by atoms with Crippen molar-refractivity contribution in [1.29, 1.82) is 0 Å². The number of aliphatic hydroxyl groups excluding tert-OH is 1. The molecule has 1 saturated heterocycles. The Bertz CT molecular complexity index is 348. The molecule has 2 rings (SSSR count). The zero-order chi connectivity index (χ0) is 12.3. The molecule has 17 heavy (non-hydrogen) atoms. The summed E-state index contributed by atoms with van der Waals surface area (Å²) in [5.41, 5.74) is 2.32. The number of nitrogens with zero attached hydrogens (tertiary/aromatic N) is 2. The van der Waals surface area contributed by atoms with E-state index in [-0.39, 0.29) is 6.61 Å². The summed E-state index contributed by atoms with van der Waals surface area (Å²) < 4.78 is 0. The van der Waals surface area contributed by atoms with Gasteiger partial charge in [-0.05, 0) is 37.8 Å². The number of hydrogen-bond donors (Lipinski definition) is 2. The SMILES string of the molecule is CC(C)Cc1cc(CN2CCCC2CO)[nH]n1. The molecule has 1 aromatic heterocycles. The van der Waals surface area contributed by atoms with Crippen molar-refractivity contribution in [3.05, 3.63) is 17.5 Å². The van der Waals surface area contributed by atoms with Crippen molar-refractivity contribution in [2.24, 2.45) is 5.92 Å². The molecule has 0 saturated carbocycles. The fourth-order valence-electron chi connectivity index (χ4n) is 2.54. The van der Waals surface area contributed by atoms with E-state index in [0.29, 0.717) is 12.0 Å². The summed E-state index contributed by atoms with van der Waals surface area (Å²) in [6.45, 7) is 6.65. The van der Waals surface area contributed by atoms with E-state index in [1.54, 1.807) is 0 Å². The van der Waals surface area contributed by atoms with Crippen LogP contribution >= 0.6 is 0 Å². The first-order valence-electron chi connectivity index (χ1n) is 6.57. The number of likely N-dealkylation sites (tertiary alicyclic amines) is 1. The maximum Gasteiger partial charge on any atom is 0.0628 e. The van der Waals surface area contributed by atoms with Gasteiger partial charge in [0.15, 0.2) is 0 Å². The number of aliphatic hydroxyl groups is 1. The monoisotopic (exact) mass is 237 g/mol. The van der Waals surface area contributed by atoms with Gasteiger partial charge in [0, 0.05) is 18.3 Å². The van der Waals surface area contributed by atoms with E-state index in [9.17, 15) is 5.11 Å². The van der Waals surface area contributed by atoms with Crippen molar-refractivity contribution in [3.8, 4) is 0 Å². The minimum atomic E-state index is 0.271. The second-order valence-electron chi connectivity index (χ2n) is 5.43. The molecule has 0 radical (unpaired) electrons. The summed E-state index contributed by atoms with van der Waals surface area (Å²) in [7, 11) is 0. The summed E-state index contributed by atoms with van der Waals surface area (Å²) in [4.78, 5) is 2.34. The minimum absolute atomic E-state index is 0.271. The molecule has 4 heteroatoms. The van der Waals surface area contributed by atoms with Gasteiger partial charge in [0.2, 0.25) is 0 Å². The highest BCUT2D eigenvalue weighted by Gasteiger charge is 2.24. The van der Waals surface area contributed by atoms with Crippen LogP contribution in [0, 0.1) is 5.92 Å². The van der Waals surface area contributed by atoms with Gasteiger partial charge in [0.1, 0.15) is 0 Å². The predicted molar refractivity (Wildman–Crippen MR) is 67.6 cm³/mol. The summed E-state index contributed by atoms with van der Waals surface area (Å²) in [5.74, 6) is 0.642. The number of aromatic amines is 1. The standard InChI is InChI=1S/C13H23N3O/c1-10(2)6-11-7-12(15-14-11)8-16-5-3-4-13(16)9-17/h7,10,13,17H,3-6,8-9H2,1-2H3,(H,14,15). The van der Waals surface area contributed by atoms with Crippen LogP contribution in [0.15, 0.2) is 6.07 Å². The van der Waals surface area contributed by atoms with Crippen LogP contribution in [0.1, 0.15) is 38.1 Å². The highest BCUT2D eigenvalue weighted by molar-refractivity contribution is 5.09. The summed E-state index contributed by atoms with van der Waals surface area (Å²) in [5, 5.41) is 16.7. The number of hydrogen-bond acceptors (Lipinski definition) is 3. The number of nitrogens with one attached hydrogen (secondary N) is 1. The van der Waals surface area contributed by atoms with Gasteiger partial charge in [0.05, 0.1) is 12.3 Å². The van der Waals surface area contributed by atoms with Gasteiger partial charge in [-0.15, -0.1) is 0 Å². The van der Waals surface area contributed by atoms with Crippen molar-refractivity contribution in [2.75, 3.05) is 13.2 Å². The maximum atomic E-state index is 9.27. The molecule has 96 valence electrons. The van der Waals surface area contributed by atoms with Crippen LogP contribution in [0.3, 0.4) is 0 Å². The zero-order valence-electron chi connectivity index (χ0n) is 10.8. The fourth-order valence-corrected chi connectivity index (χ4v) is 2.54. The average Bonchev–Trinajstić information content (AvgIpc) is 2.87. The first-order chi connectivity index (χ1) is 8.19. The lowest BCUT2D eigenvalue weighted by Gasteiger charge is -2.21. The van der Waals surface area contributed by atoms with E-state index in [0.717, 1.165) is 31.6 Å². The molecular formula is C13H23N3O. The summed E-state index contributed by atoms with van der Waals surface area (Å²) >= 11 is 0. The Morgan fingerprint density at radius 1 is 1.59 bits per heavy atom. The Hall–Kier alpha value is -0.870. The van der Waals surface area contributed by atoms with Crippen LogP contribution in [0.2, 0.25) is 0 Å². The molecule has 0 amide bonds. The van der Waals surface area contributed by atoms with Crippen LogP contribution in [0.25, 0.3) is 0 Å². The number of aromatic nitrogens is 2. The number of rotatable bonds is 5. The van der Waals surface area contributed by atoms with Crippen LogP contribution in [0.4, 0.5) is 0 Å². The summed E-state index contributed by atoms with van der Waals surface area (Å²) in [6, 6.07) is 2.50. The van der Waals surface area contributed by atoms with E-state index in [1.807, 2.05) is 0 Å². The molecule has 1 fully saturated rings. The molecule has 1 aliphatic heterocycles. The van der Waals surface area contributed by atoms with Gasteiger partial charge >= 0.3 is 0 Å². The minimum Gasteiger partial charge on any atom is -0.395 e. The Morgan fingerprint density at radius 3 is 3.12 bits per heavy atom. The third-order valence-electron chi connectivity index (χ3n) is 3.38. The molecule has 1 unspecified atom stereocenters. The second kappa shape index (κ2) is 5.65. The Balaban J connectivity index is 1.92. The van der Waals surface area contributed by atoms with Gasteiger partial charge in [-0.2, -0.15) is 5.10 Å². The molecule has 1 aromatic rings. The highest BCUT2D eigenvalue weighted by Crippen LogP contribution is 2.19. The fraction of sp³-hybridized carbons (Fsp3) is 0.769. The molecule has 4 nitrogen and oxygen atoms in total. The smallest absolute Gasteiger partial charge is 0.0628 e. The predicted octanol–water partition coefficient (Wildman–Crippen LogP) is 1.56. The quantitative estimate of drug-likeness (QED) is 0.817. The van der Waals surface area contributed by atoms with E-state index in [1.165, 1.54) is 12.1 Å². The van der Waals surface area contributed by atoms with Gasteiger partial charge < -0.3 is 5.11 Å². The Labute approximate surface area is 103 Å². The highest BCUT2D eigenvalue weighted by atomic mass is 16.3. The average molecular weight is 237 g/mol. The molecule has 1 aliphatic rings. The maximum absolute atomic E-state index is 9.27. The molecule has 0 aliphatic carbocycles. The third kappa shape index (κ3) is 3.30. The van der Waals surface area contributed by atoms with Crippen LogP contribution in [-0.2, 0) is 13.0 Å².